The van der Waals surface area contributed by atoms with Gasteiger partial charge in [0, 0.05) is 18.2 Å². The molecule has 0 aliphatic carbocycles. The number of halogens is 1. The first-order valence-corrected chi connectivity index (χ1v) is 7.06. The highest BCUT2D eigenvalue weighted by atomic mass is 19.1. The van der Waals surface area contributed by atoms with Crippen molar-refractivity contribution in [1.29, 1.82) is 0 Å². The summed E-state index contributed by atoms with van der Waals surface area (Å²) in [5, 5.41) is 5.18. The molecule has 2 N–H and O–H groups in total. The Bertz CT molecular complexity index is 553. The third-order valence-corrected chi connectivity index (χ3v) is 2.88. The van der Waals surface area contributed by atoms with Crippen LogP contribution in [0.3, 0.4) is 0 Å². The second-order valence-corrected chi connectivity index (χ2v) is 6.37. The van der Waals surface area contributed by atoms with E-state index in [0.717, 1.165) is 0 Å². The molecule has 0 saturated carbocycles. The zero-order valence-corrected chi connectivity index (χ0v) is 13.6. The predicted molar refractivity (Wildman–Crippen MR) is 83.3 cm³/mol. The van der Waals surface area contributed by atoms with E-state index >= 15 is 0 Å². The molecule has 0 spiro atoms. The van der Waals surface area contributed by atoms with E-state index in [4.69, 9.17) is 4.74 Å². The number of benzene rings is 1. The van der Waals surface area contributed by atoms with Crippen LogP contribution in [-0.2, 0) is 9.59 Å². The van der Waals surface area contributed by atoms with Crippen LogP contribution in [0.5, 0.6) is 5.75 Å². The van der Waals surface area contributed by atoms with E-state index in [9.17, 15) is 14.0 Å². The number of ether oxygens (including phenoxy) is 1. The summed E-state index contributed by atoms with van der Waals surface area (Å²) in [5.74, 6) is -1.07. The molecule has 0 aliphatic rings. The Morgan fingerprint density at radius 1 is 1.32 bits per heavy atom. The van der Waals surface area contributed by atoms with E-state index in [1.54, 1.807) is 6.92 Å². The minimum Gasteiger partial charge on any atom is -0.494 e. The van der Waals surface area contributed by atoms with Crippen LogP contribution in [0, 0.1) is 11.2 Å². The van der Waals surface area contributed by atoms with Gasteiger partial charge in [0.25, 0.3) is 0 Å². The summed E-state index contributed by atoms with van der Waals surface area (Å²) in [4.78, 5) is 23.8. The van der Waals surface area contributed by atoms with Crippen molar-refractivity contribution in [3.63, 3.8) is 0 Å². The molecule has 0 aromatic heterocycles. The second kappa shape index (κ2) is 7.24. The molecular formula is C16H23FN2O3. The molecule has 0 aliphatic heterocycles. The SMILES string of the molecule is COc1ccc(NC(=O)C(C)NC(=O)CC(C)(C)C)cc1F. The predicted octanol–water partition coefficient (Wildman–Crippen LogP) is 2.71. The Morgan fingerprint density at radius 2 is 1.95 bits per heavy atom. The molecular weight excluding hydrogens is 287 g/mol. The van der Waals surface area contributed by atoms with Gasteiger partial charge in [0.15, 0.2) is 11.6 Å². The standard InChI is InChI=1S/C16H23FN2O3/c1-10(18-14(20)9-16(2,3)4)15(21)19-11-6-7-13(22-5)12(17)8-11/h6-8,10H,9H2,1-5H3,(H,18,20)(H,19,21). The third kappa shape index (κ3) is 5.71. The summed E-state index contributed by atoms with van der Waals surface area (Å²) in [6.45, 7) is 7.40. The first-order chi connectivity index (χ1) is 10.1. The number of methoxy groups -OCH3 is 1. The maximum atomic E-state index is 13.6. The first kappa shape index (κ1) is 17.9. The lowest BCUT2D eigenvalue weighted by Gasteiger charge is -2.20. The highest BCUT2D eigenvalue weighted by molar-refractivity contribution is 5.96. The number of hydrogen-bond donors (Lipinski definition) is 2. The van der Waals surface area contributed by atoms with E-state index in [0.29, 0.717) is 12.1 Å². The van der Waals surface area contributed by atoms with Gasteiger partial charge in [-0.3, -0.25) is 9.59 Å². The fourth-order valence-electron chi connectivity index (χ4n) is 1.83. The van der Waals surface area contributed by atoms with Crippen molar-refractivity contribution in [2.75, 3.05) is 12.4 Å². The lowest BCUT2D eigenvalue weighted by molar-refractivity contribution is -0.127. The average Bonchev–Trinajstić information content (AvgIpc) is 2.36. The van der Waals surface area contributed by atoms with Gasteiger partial charge in [0.1, 0.15) is 6.04 Å². The van der Waals surface area contributed by atoms with Crippen LogP contribution in [0.1, 0.15) is 34.1 Å². The molecule has 1 unspecified atom stereocenters. The van der Waals surface area contributed by atoms with Crippen LogP contribution in [0.25, 0.3) is 0 Å². The van der Waals surface area contributed by atoms with Crippen molar-refractivity contribution in [3.8, 4) is 5.75 Å². The number of hydrogen-bond acceptors (Lipinski definition) is 3. The molecule has 1 rings (SSSR count). The largest absolute Gasteiger partial charge is 0.494 e. The fraction of sp³-hybridized carbons (Fsp3) is 0.500. The molecule has 0 fully saturated rings. The van der Waals surface area contributed by atoms with Gasteiger partial charge in [-0.05, 0) is 24.5 Å². The van der Waals surface area contributed by atoms with Gasteiger partial charge >= 0.3 is 0 Å². The van der Waals surface area contributed by atoms with Crippen LogP contribution < -0.4 is 15.4 Å². The third-order valence-electron chi connectivity index (χ3n) is 2.88. The highest BCUT2D eigenvalue weighted by Gasteiger charge is 2.20. The Labute approximate surface area is 130 Å². The smallest absolute Gasteiger partial charge is 0.246 e. The van der Waals surface area contributed by atoms with Crippen molar-refractivity contribution >= 4 is 17.5 Å². The van der Waals surface area contributed by atoms with Crippen molar-refractivity contribution in [2.45, 2.75) is 40.2 Å². The molecule has 1 aromatic carbocycles. The van der Waals surface area contributed by atoms with Crippen LogP contribution in [0.4, 0.5) is 10.1 Å². The zero-order chi connectivity index (χ0) is 16.9. The molecule has 22 heavy (non-hydrogen) atoms. The van der Waals surface area contributed by atoms with Crippen molar-refractivity contribution in [3.05, 3.63) is 24.0 Å². The minimum atomic E-state index is -0.708. The Kier molecular flexibility index (Phi) is 5.91. The number of nitrogens with one attached hydrogen (secondary N) is 2. The van der Waals surface area contributed by atoms with Gasteiger partial charge in [-0.2, -0.15) is 0 Å². The maximum absolute atomic E-state index is 13.6. The fourth-order valence-corrected chi connectivity index (χ4v) is 1.83. The van der Waals surface area contributed by atoms with Crippen molar-refractivity contribution < 1.29 is 18.7 Å². The Hall–Kier alpha value is -2.11. The topological polar surface area (TPSA) is 67.4 Å². The molecule has 0 saturated heterocycles. The molecule has 0 heterocycles. The molecule has 0 bridgehead atoms. The van der Waals surface area contributed by atoms with Crippen LogP contribution in [0.15, 0.2) is 18.2 Å². The first-order valence-electron chi connectivity index (χ1n) is 7.06. The molecule has 6 heteroatoms. The molecule has 0 radical (unpaired) electrons. The summed E-state index contributed by atoms with van der Waals surface area (Å²) in [6.07, 6.45) is 0.321. The number of carbonyl (C=O) groups is 2. The van der Waals surface area contributed by atoms with Crippen LogP contribution in [-0.4, -0.2) is 25.0 Å². The Balaban J connectivity index is 2.61. The van der Waals surface area contributed by atoms with Crippen LogP contribution >= 0.6 is 0 Å². The molecule has 1 atom stereocenters. The van der Waals surface area contributed by atoms with Crippen LogP contribution in [0.2, 0.25) is 0 Å². The summed E-state index contributed by atoms with van der Waals surface area (Å²) < 4.78 is 18.4. The van der Waals surface area contributed by atoms with E-state index in [1.165, 1.54) is 25.3 Å². The number of rotatable bonds is 5. The minimum absolute atomic E-state index is 0.101. The average molecular weight is 310 g/mol. The van der Waals surface area contributed by atoms with E-state index in [1.807, 2.05) is 20.8 Å². The normalized spacial score (nSPS) is 12.5. The zero-order valence-electron chi connectivity index (χ0n) is 13.6. The van der Waals surface area contributed by atoms with Gasteiger partial charge in [-0.1, -0.05) is 20.8 Å². The van der Waals surface area contributed by atoms with E-state index < -0.39 is 17.8 Å². The van der Waals surface area contributed by atoms with Gasteiger partial charge < -0.3 is 15.4 Å². The lowest BCUT2D eigenvalue weighted by Crippen LogP contribution is -2.42. The summed E-state index contributed by atoms with van der Waals surface area (Å²) >= 11 is 0. The van der Waals surface area contributed by atoms with Gasteiger partial charge in [0.2, 0.25) is 11.8 Å². The van der Waals surface area contributed by atoms with E-state index in [-0.39, 0.29) is 17.1 Å². The lowest BCUT2D eigenvalue weighted by atomic mass is 9.92. The molecule has 2 amide bonds. The number of anilines is 1. The molecule has 5 nitrogen and oxygen atoms in total. The number of carbonyl (C=O) groups excluding carboxylic acids is 2. The quantitative estimate of drug-likeness (QED) is 0.878. The van der Waals surface area contributed by atoms with Gasteiger partial charge in [-0.15, -0.1) is 0 Å². The molecule has 122 valence electrons. The Morgan fingerprint density at radius 3 is 2.45 bits per heavy atom. The number of amides is 2. The maximum Gasteiger partial charge on any atom is 0.246 e. The van der Waals surface area contributed by atoms with Crippen molar-refractivity contribution in [2.24, 2.45) is 5.41 Å². The summed E-state index contributed by atoms with van der Waals surface area (Å²) in [6, 6.07) is 3.41. The monoisotopic (exact) mass is 310 g/mol. The van der Waals surface area contributed by atoms with Gasteiger partial charge in [-0.25, -0.2) is 4.39 Å². The summed E-state index contributed by atoms with van der Waals surface area (Å²) in [7, 11) is 1.36. The van der Waals surface area contributed by atoms with Crippen molar-refractivity contribution in [1.82, 2.24) is 5.32 Å². The summed E-state index contributed by atoms with van der Waals surface area (Å²) in [5.41, 5.74) is 0.152. The highest BCUT2D eigenvalue weighted by Crippen LogP contribution is 2.21. The van der Waals surface area contributed by atoms with Gasteiger partial charge in [0.05, 0.1) is 7.11 Å². The van der Waals surface area contributed by atoms with E-state index in [2.05, 4.69) is 10.6 Å². The molecule has 1 aromatic rings. The second-order valence-electron chi connectivity index (χ2n) is 6.37.